The number of thiazole rings is 1. The highest BCUT2D eigenvalue weighted by molar-refractivity contribution is 7.14. The van der Waals surface area contributed by atoms with Gasteiger partial charge in [-0.1, -0.05) is 6.07 Å². The molecule has 3 heterocycles. The highest BCUT2D eigenvalue weighted by atomic mass is 32.1. The summed E-state index contributed by atoms with van der Waals surface area (Å²) in [7, 11) is 3.16. The second-order valence-electron chi connectivity index (χ2n) is 6.74. The zero-order valence-corrected chi connectivity index (χ0v) is 18.1. The maximum Gasteiger partial charge on any atom is 0.254 e. The summed E-state index contributed by atoms with van der Waals surface area (Å²) < 4.78 is 10.6. The van der Waals surface area contributed by atoms with E-state index >= 15 is 0 Å². The van der Waals surface area contributed by atoms with E-state index in [1.807, 2.05) is 11.0 Å². The number of hydrogen-bond donors (Lipinski definition) is 0. The van der Waals surface area contributed by atoms with Gasteiger partial charge >= 0.3 is 0 Å². The summed E-state index contributed by atoms with van der Waals surface area (Å²) in [5.74, 6) is 1.22. The molecule has 152 valence electrons. The zero-order valence-electron chi connectivity index (χ0n) is 16.5. The molecule has 1 aliphatic rings. The number of piperazine rings is 1. The van der Waals surface area contributed by atoms with Gasteiger partial charge in [0.05, 0.1) is 31.3 Å². The highest BCUT2D eigenvalue weighted by Gasteiger charge is 2.23. The van der Waals surface area contributed by atoms with Crippen molar-refractivity contribution in [2.45, 2.75) is 6.54 Å². The normalized spacial score (nSPS) is 14.8. The summed E-state index contributed by atoms with van der Waals surface area (Å²) in [6.07, 6.45) is 0. The molecular weight excluding hydrogens is 406 g/mol. The summed E-state index contributed by atoms with van der Waals surface area (Å²) in [4.78, 5) is 23.1. The van der Waals surface area contributed by atoms with Crippen molar-refractivity contribution >= 4 is 28.6 Å². The van der Waals surface area contributed by atoms with Crippen molar-refractivity contribution in [2.24, 2.45) is 0 Å². The second-order valence-corrected chi connectivity index (χ2v) is 8.63. The van der Waals surface area contributed by atoms with Crippen LogP contribution in [0.5, 0.6) is 11.5 Å². The number of hydrogen-bond acceptors (Lipinski definition) is 7. The molecule has 1 saturated heterocycles. The van der Waals surface area contributed by atoms with Gasteiger partial charge in [-0.3, -0.25) is 9.69 Å². The van der Waals surface area contributed by atoms with Crippen LogP contribution >= 0.6 is 22.7 Å². The molecule has 1 aromatic carbocycles. The lowest BCUT2D eigenvalue weighted by Crippen LogP contribution is -2.48. The first-order valence-electron chi connectivity index (χ1n) is 9.40. The summed E-state index contributed by atoms with van der Waals surface area (Å²) in [5, 5.41) is 5.31. The van der Waals surface area contributed by atoms with Crippen LogP contribution in [0.1, 0.15) is 15.4 Å². The SMILES string of the molecule is COc1ccc(C(=O)N2CCN(Cc3nc(-c4cccs4)cs3)CC2)cc1OC. The Bertz CT molecular complexity index is 963. The predicted octanol–water partition coefficient (Wildman–Crippen LogP) is 3.85. The monoisotopic (exact) mass is 429 g/mol. The number of methoxy groups -OCH3 is 2. The van der Waals surface area contributed by atoms with Gasteiger partial charge in [-0.15, -0.1) is 22.7 Å². The number of aromatic nitrogens is 1. The van der Waals surface area contributed by atoms with Crippen LogP contribution in [0, 0.1) is 0 Å². The van der Waals surface area contributed by atoms with E-state index < -0.39 is 0 Å². The Labute approximate surface area is 178 Å². The fourth-order valence-corrected chi connectivity index (χ4v) is 4.97. The summed E-state index contributed by atoms with van der Waals surface area (Å²) >= 11 is 3.41. The van der Waals surface area contributed by atoms with Crippen LogP contribution in [0.2, 0.25) is 0 Å². The van der Waals surface area contributed by atoms with Gasteiger partial charge in [-0.25, -0.2) is 4.98 Å². The minimum absolute atomic E-state index is 0.0276. The Kier molecular flexibility index (Phi) is 6.13. The number of carbonyl (C=O) groups excluding carboxylic acids is 1. The van der Waals surface area contributed by atoms with Gasteiger partial charge in [-0.05, 0) is 29.6 Å². The topological polar surface area (TPSA) is 54.9 Å². The Balaban J connectivity index is 1.34. The lowest BCUT2D eigenvalue weighted by Gasteiger charge is -2.34. The van der Waals surface area contributed by atoms with Crippen molar-refractivity contribution in [3.8, 4) is 22.1 Å². The van der Waals surface area contributed by atoms with Crippen LogP contribution in [-0.4, -0.2) is 61.1 Å². The number of nitrogens with zero attached hydrogens (tertiary/aromatic N) is 3. The van der Waals surface area contributed by atoms with E-state index in [0.29, 0.717) is 30.2 Å². The predicted molar refractivity (Wildman–Crippen MR) is 116 cm³/mol. The molecule has 29 heavy (non-hydrogen) atoms. The smallest absolute Gasteiger partial charge is 0.254 e. The molecular formula is C21H23N3O3S2. The minimum Gasteiger partial charge on any atom is -0.493 e. The Morgan fingerprint density at radius 1 is 1.07 bits per heavy atom. The van der Waals surface area contributed by atoms with Gasteiger partial charge in [0, 0.05) is 37.1 Å². The molecule has 3 aromatic rings. The molecule has 6 nitrogen and oxygen atoms in total. The number of thiophene rings is 1. The van der Waals surface area contributed by atoms with E-state index in [1.165, 1.54) is 4.88 Å². The summed E-state index contributed by atoms with van der Waals surface area (Å²) in [6.45, 7) is 3.92. The number of ether oxygens (including phenoxy) is 2. The van der Waals surface area contributed by atoms with Crippen molar-refractivity contribution in [3.05, 3.63) is 51.7 Å². The molecule has 0 bridgehead atoms. The van der Waals surface area contributed by atoms with Gasteiger partial charge in [0.15, 0.2) is 11.5 Å². The third-order valence-electron chi connectivity index (χ3n) is 4.97. The lowest BCUT2D eigenvalue weighted by molar-refractivity contribution is 0.0628. The average molecular weight is 430 g/mol. The van der Waals surface area contributed by atoms with Gasteiger partial charge in [0.25, 0.3) is 5.91 Å². The third kappa shape index (κ3) is 4.44. The summed E-state index contributed by atoms with van der Waals surface area (Å²) in [5.41, 5.74) is 1.68. The number of amides is 1. The molecule has 4 rings (SSSR count). The van der Waals surface area contributed by atoms with E-state index in [1.54, 1.807) is 55.1 Å². The van der Waals surface area contributed by atoms with Gasteiger partial charge in [0.2, 0.25) is 0 Å². The van der Waals surface area contributed by atoms with Crippen LogP contribution in [0.25, 0.3) is 10.6 Å². The first-order chi connectivity index (χ1) is 14.2. The molecule has 8 heteroatoms. The molecule has 0 spiro atoms. The van der Waals surface area contributed by atoms with Crippen LogP contribution in [0.15, 0.2) is 41.1 Å². The summed E-state index contributed by atoms with van der Waals surface area (Å²) in [6, 6.07) is 9.46. The average Bonchev–Trinajstić information content (AvgIpc) is 3.45. The first kappa shape index (κ1) is 19.9. The van der Waals surface area contributed by atoms with E-state index in [2.05, 4.69) is 21.7 Å². The van der Waals surface area contributed by atoms with E-state index in [-0.39, 0.29) is 5.91 Å². The maximum absolute atomic E-state index is 12.9. The third-order valence-corrected chi connectivity index (χ3v) is 6.70. The van der Waals surface area contributed by atoms with Crippen molar-refractivity contribution in [1.82, 2.24) is 14.8 Å². The van der Waals surface area contributed by atoms with Gasteiger partial charge in [0.1, 0.15) is 5.01 Å². The van der Waals surface area contributed by atoms with Gasteiger partial charge in [-0.2, -0.15) is 0 Å². The van der Waals surface area contributed by atoms with Crippen molar-refractivity contribution in [2.75, 3.05) is 40.4 Å². The molecule has 1 aliphatic heterocycles. The van der Waals surface area contributed by atoms with E-state index in [4.69, 9.17) is 14.5 Å². The molecule has 0 saturated carbocycles. The van der Waals surface area contributed by atoms with Crippen LogP contribution in [0.3, 0.4) is 0 Å². The van der Waals surface area contributed by atoms with Crippen LogP contribution in [0.4, 0.5) is 0 Å². The molecule has 0 aliphatic carbocycles. The van der Waals surface area contributed by atoms with Crippen molar-refractivity contribution in [1.29, 1.82) is 0 Å². The second kappa shape index (κ2) is 8.94. The van der Waals surface area contributed by atoms with Gasteiger partial charge < -0.3 is 14.4 Å². The fourth-order valence-electron chi connectivity index (χ4n) is 3.37. The first-order valence-corrected chi connectivity index (χ1v) is 11.2. The lowest BCUT2D eigenvalue weighted by atomic mass is 10.1. The van der Waals surface area contributed by atoms with Crippen molar-refractivity contribution in [3.63, 3.8) is 0 Å². The van der Waals surface area contributed by atoms with E-state index in [0.717, 1.165) is 30.3 Å². The van der Waals surface area contributed by atoms with Crippen molar-refractivity contribution < 1.29 is 14.3 Å². The Morgan fingerprint density at radius 3 is 2.55 bits per heavy atom. The quantitative estimate of drug-likeness (QED) is 0.596. The molecule has 1 amide bonds. The molecule has 0 atom stereocenters. The number of rotatable bonds is 6. The fraction of sp³-hybridized carbons (Fsp3) is 0.333. The number of carbonyl (C=O) groups is 1. The van der Waals surface area contributed by atoms with Crippen LogP contribution in [-0.2, 0) is 6.54 Å². The van der Waals surface area contributed by atoms with Crippen LogP contribution < -0.4 is 9.47 Å². The Hall–Kier alpha value is -2.42. The Morgan fingerprint density at radius 2 is 1.86 bits per heavy atom. The molecule has 2 aromatic heterocycles. The number of benzene rings is 1. The molecule has 0 N–H and O–H groups in total. The molecule has 0 radical (unpaired) electrons. The minimum atomic E-state index is 0.0276. The largest absolute Gasteiger partial charge is 0.493 e. The standard InChI is InChI=1S/C21H23N3O3S2/c1-26-17-6-5-15(12-18(17)27-2)21(25)24-9-7-23(8-10-24)13-20-22-16(14-29-20)19-4-3-11-28-19/h3-6,11-12,14H,7-10,13H2,1-2H3. The maximum atomic E-state index is 12.9. The van der Waals surface area contributed by atoms with E-state index in [9.17, 15) is 4.79 Å². The highest BCUT2D eigenvalue weighted by Crippen LogP contribution is 2.29. The molecule has 1 fully saturated rings. The molecule has 0 unspecified atom stereocenters. The zero-order chi connectivity index (χ0) is 20.2.